The molecule has 2 aromatic heterocycles. The van der Waals surface area contributed by atoms with Crippen LogP contribution in [0.25, 0.3) is 11.5 Å². The van der Waals surface area contributed by atoms with E-state index >= 15 is 0 Å². The highest BCUT2D eigenvalue weighted by atomic mass is 35.5. The second kappa shape index (κ2) is 5.52. The molecule has 3 aromatic rings. The van der Waals surface area contributed by atoms with Crippen molar-refractivity contribution in [2.24, 2.45) is 0 Å². The van der Waals surface area contributed by atoms with E-state index in [1.165, 1.54) is 6.26 Å². The molecule has 0 saturated heterocycles. The molecule has 0 aliphatic heterocycles. The van der Waals surface area contributed by atoms with E-state index in [0.29, 0.717) is 10.6 Å². The van der Waals surface area contributed by atoms with Crippen molar-refractivity contribution in [3.05, 3.63) is 53.4 Å². The summed E-state index contributed by atoms with van der Waals surface area (Å²) in [6, 6.07) is 10.3. The highest BCUT2D eigenvalue weighted by Crippen LogP contribution is 2.29. The quantitative estimate of drug-likeness (QED) is 0.683. The molecule has 0 amide bonds. The monoisotopic (exact) mass is 306 g/mol. The van der Waals surface area contributed by atoms with Crippen LogP contribution in [-0.4, -0.2) is 15.3 Å². The van der Waals surface area contributed by atoms with Crippen molar-refractivity contribution in [1.82, 2.24) is 10.2 Å². The number of carbonyl (C=O) groups is 1. The molecule has 0 fully saturated rings. The van der Waals surface area contributed by atoms with Gasteiger partial charge in [-0.05, 0) is 24.3 Å². The van der Waals surface area contributed by atoms with Crippen LogP contribution in [0.5, 0.6) is 0 Å². The Bertz CT molecular complexity index is 740. The van der Waals surface area contributed by atoms with E-state index in [2.05, 4.69) is 10.2 Å². The average molecular weight is 307 g/mol. The number of rotatable bonds is 3. The van der Waals surface area contributed by atoms with E-state index in [1.807, 2.05) is 6.07 Å². The number of furan rings is 1. The Hall–Kier alpha value is -2.05. The maximum Gasteiger partial charge on any atom is 0.284 e. The molecule has 5 nitrogen and oxygen atoms in total. The smallest absolute Gasteiger partial charge is 0.284 e. The number of benzene rings is 1. The third-order valence-corrected chi connectivity index (χ3v) is 3.47. The minimum Gasteiger partial charge on any atom is -0.460 e. The summed E-state index contributed by atoms with van der Waals surface area (Å²) in [6.07, 6.45) is 1.43. The average Bonchev–Trinajstić information content (AvgIpc) is 3.10. The first kappa shape index (κ1) is 13.0. The lowest BCUT2D eigenvalue weighted by atomic mass is 10.2. The first-order valence-electron chi connectivity index (χ1n) is 5.58. The van der Waals surface area contributed by atoms with Gasteiger partial charge in [0.1, 0.15) is 0 Å². The molecule has 0 atom stereocenters. The minimum absolute atomic E-state index is 0.140. The van der Waals surface area contributed by atoms with E-state index in [0.717, 1.165) is 11.8 Å². The Morgan fingerprint density at radius 1 is 1.15 bits per heavy atom. The first-order valence-corrected chi connectivity index (χ1v) is 6.77. The lowest BCUT2D eigenvalue weighted by molar-refractivity contribution is 0.106. The molecule has 100 valence electrons. The maximum atomic E-state index is 11.8. The van der Waals surface area contributed by atoms with Crippen LogP contribution in [0.1, 0.15) is 10.6 Å². The number of nitrogens with zero attached hydrogens (tertiary/aromatic N) is 2. The van der Waals surface area contributed by atoms with Gasteiger partial charge >= 0.3 is 0 Å². The molecular weight excluding hydrogens is 300 g/mol. The lowest BCUT2D eigenvalue weighted by Crippen LogP contribution is -1.89. The Balaban J connectivity index is 1.81. The zero-order valence-corrected chi connectivity index (χ0v) is 11.5. The second-order valence-corrected chi connectivity index (χ2v) is 5.05. The van der Waals surface area contributed by atoms with Crippen LogP contribution in [0.2, 0.25) is 5.02 Å². The maximum absolute atomic E-state index is 11.8. The fourth-order valence-corrected chi connectivity index (χ4v) is 2.31. The summed E-state index contributed by atoms with van der Waals surface area (Å²) in [5, 5.41) is 8.03. The standard InChI is InChI=1S/C13H7ClN2O3S/c14-9-5-2-1-4-8(9)11-15-16-13(19-11)20-12(17)10-6-3-7-18-10/h1-7H. The van der Waals surface area contributed by atoms with Gasteiger partial charge in [0.05, 0.1) is 16.8 Å². The molecule has 3 rings (SSSR count). The molecule has 2 heterocycles. The van der Waals surface area contributed by atoms with Gasteiger partial charge in [0.25, 0.3) is 10.3 Å². The highest BCUT2D eigenvalue weighted by Gasteiger charge is 2.17. The van der Waals surface area contributed by atoms with Crippen LogP contribution >= 0.6 is 23.4 Å². The third kappa shape index (κ3) is 2.61. The molecule has 1 aromatic carbocycles. The molecule has 0 radical (unpaired) electrons. The Morgan fingerprint density at radius 2 is 2.00 bits per heavy atom. The van der Waals surface area contributed by atoms with E-state index in [9.17, 15) is 4.79 Å². The molecule has 0 saturated carbocycles. The molecular formula is C13H7ClN2O3S. The van der Waals surface area contributed by atoms with Crippen LogP contribution in [0, 0.1) is 0 Å². The highest BCUT2D eigenvalue weighted by molar-refractivity contribution is 8.13. The summed E-state index contributed by atoms with van der Waals surface area (Å²) in [5.74, 6) is 0.498. The van der Waals surface area contributed by atoms with Gasteiger partial charge in [-0.25, -0.2) is 0 Å². The van der Waals surface area contributed by atoms with Crippen LogP contribution < -0.4 is 0 Å². The van der Waals surface area contributed by atoms with Gasteiger partial charge in [0.2, 0.25) is 5.89 Å². The molecule has 0 unspecified atom stereocenters. The number of aromatic nitrogens is 2. The third-order valence-electron chi connectivity index (χ3n) is 2.41. The number of hydrogen-bond donors (Lipinski definition) is 0. The van der Waals surface area contributed by atoms with Crippen LogP contribution in [-0.2, 0) is 0 Å². The van der Waals surface area contributed by atoms with Gasteiger partial charge in [-0.1, -0.05) is 23.7 Å². The van der Waals surface area contributed by atoms with Gasteiger partial charge in [0, 0.05) is 11.8 Å². The Labute approximate surface area is 122 Å². The molecule has 7 heteroatoms. The minimum atomic E-state index is -0.302. The van der Waals surface area contributed by atoms with E-state index in [1.54, 1.807) is 30.3 Å². The van der Waals surface area contributed by atoms with Crippen LogP contribution in [0.3, 0.4) is 0 Å². The second-order valence-electron chi connectivity index (χ2n) is 3.72. The SMILES string of the molecule is O=C(Sc1nnc(-c2ccccc2Cl)o1)c1ccco1. The van der Waals surface area contributed by atoms with Crippen molar-refractivity contribution in [2.75, 3.05) is 0 Å². The summed E-state index contributed by atoms with van der Waals surface area (Å²) in [5.41, 5.74) is 0.624. The number of carbonyl (C=O) groups excluding carboxylic acids is 1. The summed E-state index contributed by atoms with van der Waals surface area (Å²) in [4.78, 5) is 11.8. The molecule has 0 N–H and O–H groups in total. The zero-order valence-electron chi connectivity index (χ0n) is 9.95. The van der Waals surface area contributed by atoms with Gasteiger partial charge in [-0.3, -0.25) is 4.79 Å². The van der Waals surface area contributed by atoms with Crippen molar-refractivity contribution in [3.8, 4) is 11.5 Å². The fourth-order valence-electron chi connectivity index (χ4n) is 1.52. The predicted molar refractivity (Wildman–Crippen MR) is 73.6 cm³/mol. The summed E-state index contributed by atoms with van der Waals surface area (Å²) in [7, 11) is 0. The van der Waals surface area contributed by atoms with Crippen molar-refractivity contribution in [1.29, 1.82) is 0 Å². The van der Waals surface area contributed by atoms with Crippen molar-refractivity contribution in [2.45, 2.75) is 5.22 Å². The Kier molecular flexibility index (Phi) is 3.58. The van der Waals surface area contributed by atoms with E-state index in [-0.39, 0.29) is 22.0 Å². The zero-order chi connectivity index (χ0) is 13.9. The van der Waals surface area contributed by atoms with Gasteiger partial charge in [0.15, 0.2) is 5.76 Å². The fraction of sp³-hybridized carbons (Fsp3) is 0. The predicted octanol–water partition coefficient (Wildman–Crippen LogP) is 3.92. The van der Waals surface area contributed by atoms with Gasteiger partial charge in [-0.15, -0.1) is 10.2 Å². The molecule has 0 aliphatic carbocycles. The largest absolute Gasteiger partial charge is 0.460 e. The molecule has 0 spiro atoms. The number of hydrogen-bond acceptors (Lipinski definition) is 6. The van der Waals surface area contributed by atoms with E-state index in [4.69, 9.17) is 20.4 Å². The van der Waals surface area contributed by atoms with E-state index < -0.39 is 0 Å². The molecule has 0 aliphatic rings. The van der Waals surface area contributed by atoms with Gasteiger partial charge in [-0.2, -0.15) is 0 Å². The van der Waals surface area contributed by atoms with Crippen molar-refractivity contribution >= 4 is 28.5 Å². The summed E-state index contributed by atoms with van der Waals surface area (Å²) in [6.45, 7) is 0. The number of thioether (sulfide) groups is 1. The topological polar surface area (TPSA) is 69.1 Å². The molecule has 0 bridgehead atoms. The van der Waals surface area contributed by atoms with Crippen molar-refractivity contribution < 1.29 is 13.6 Å². The van der Waals surface area contributed by atoms with Gasteiger partial charge < -0.3 is 8.83 Å². The lowest BCUT2D eigenvalue weighted by Gasteiger charge is -1.96. The first-order chi connectivity index (χ1) is 9.74. The van der Waals surface area contributed by atoms with Crippen molar-refractivity contribution in [3.63, 3.8) is 0 Å². The summed E-state index contributed by atoms with van der Waals surface area (Å²) >= 11 is 6.85. The summed E-state index contributed by atoms with van der Waals surface area (Å²) < 4.78 is 10.4. The van der Waals surface area contributed by atoms with Crippen LogP contribution in [0.4, 0.5) is 0 Å². The van der Waals surface area contributed by atoms with Crippen LogP contribution in [0.15, 0.2) is 56.7 Å². The number of halogens is 1. The normalized spacial score (nSPS) is 10.7. The molecule has 20 heavy (non-hydrogen) atoms. The Morgan fingerprint density at radius 3 is 2.75 bits per heavy atom.